The lowest BCUT2D eigenvalue weighted by Crippen LogP contribution is -2.37. The molecule has 10 heteroatoms. The van der Waals surface area contributed by atoms with Gasteiger partial charge in [0.1, 0.15) is 19.8 Å². The molecule has 0 rings (SSSR count). The van der Waals surface area contributed by atoms with Crippen molar-refractivity contribution in [1.29, 1.82) is 0 Å². The van der Waals surface area contributed by atoms with Gasteiger partial charge >= 0.3 is 11.9 Å². The fraction of sp³-hybridized carbons (Fsp3) is 0.901. The highest BCUT2D eigenvalue weighted by molar-refractivity contribution is 7.45. The Bertz CT molecular complexity index is 1630. The second kappa shape index (κ2) is 72.5. The maximum Gasteiger partial charge on any atom is 0.306 e. The van der Waals surface area contributed by atoms with Crippen LogP contribution in [0, 0.1) is 0 Å². The number of allylic oxidation sites excluding steroid dienone is 6. The van der Waals surface area contributed by atoms with Crippen LogP contribution in [0.1, 0.15) is 418 Å². The molecule has 0 saturated heterocycles. The van der Waals surface area contributed by atoms with Crippen LogP contribution in [-0.2, 0) is 32.7 Å². The van der Waals surface area contributed by atoms with E-state index in [0.29, 0.717) is 17.4 Å². The zero-order valence-corrected chi connectivity index (χ0v) is 62.5. The second-order valence-corrected chi connectivity index (χ2v) is 30.2. The SMILES string of the molecule is CCCCCCC/C=C\C/C=C\C/C=C\CCCCCCCCCCCCCCCCCCCCC(=O)OC(COC(=O)CCCCCCCCCCCCCCCCCCCCCCCCCCCCCCCCCCCC)COP(=O)([O-])OCC[N+](C)(C)C. The number of likely N-dealkylation sites (N-methyl/N-ethyl adjacent to an activating group) is 1. The minimum atomic E-state index is -4.64. The molecule has 0 aromatic rings. The van der Waals surface area contributed by atoms with E-state index in [9.17, 15) is 19.0 Å². The number of carbonyl (C=O) groups is 2. The summed E-state index contributed by atoms with van der Waals surface area (Å²) in [5, 5.41) is 0. The number of unbranched alkanes of at least 4 members (excludes halogenated alkanes) is 56. The molecule has 0 bridgehead atoms. The average Bonchev–Trinajstić information content (AvgIpc) is 3.62. The smallest absolute Gasteiger partial charge is 0.306 e. The first-order valence-corrected chi connectivity index (χ1v) is 41.7. The number of phosphoric acid groups is 1. The molecule has 0 saturated carbocycles. The van der Waals surface area contributed by atoms with Crippen molar-refractivity contribution in [3.8, 4) is 0 Å². The van der Waals surface area contributed by atoms with E-state index in [1.165, 1.54) is 340 Å². The van der Waals surface area contributed by atoms with Crippen molar-refractivity contribution in [2.24, 2.45) is 0 Å². The lowest BCUT2D eigenvalue weighted by atomic mass is 10.0. The molecule has 9 nitrogen and oxygen atoms in total. The fourth-order valence-electron chi connectivity index (χ4n) is 12.3. The van der Waals surface area contributed by atoms with E-state index in [1.54, 1.807) is 0 Å². The molecule has 0 aromatic heterocycles. The average molecular weight is 1300 g/mol. The van der Waals surface area contributed by atoms with Crippen LogP contribution in [0.5, 0.6) is 0 Å². The summed E-state index contributed by atoms with van der Waals surface area (Å²) in [7, 11) is 1.19. The molecular formula is C81H156NO8P. The predicted octanol–water partition coefficient (Wildman–Crippen LogP) is 25.9. The predicted molar refractivity (Wildman–Crippen MR) is 393 cm³/mol. The lowest BCUT2D eigenvalue weighted by molar-refractivity contribution is -0.870. The molecule has 0 aliphatic carbocycles. The molecule has 0 N–H and O–H groups in total. The summed E-state index contributed by atoms with van der Waals surface area (Å²) < 4.78 is 34.4. The van der Waals surface area contributed by atoms with Crippen LogP contribution in [0.3, 0.4) is 0 Å². The fourth-order valence-corrected chi connectivity index (χ4v) is 13.0. The van der Waals surface area contributed by atoms with Gasteiger partial charge < -0.3 is 27.9 Å². The second-order valence-electron chi connectivity index (χ2n) is 28.8. The number of hydrogen-bond donors (Lipinski definition) is 0. The Morgan fingerprint density at radius 3 is 0.879 bits per heavy atom. The van der Waals surface area contributed by atoms with Gasteiger partial charge in [0.15, 0.2) is 6.10 Å². The van der Waals surface area contributed by atoms with Gasteiger partial charge in [-0.05, 0) is 51.4 Å². The summed E-state index contributed by atoms with van der Waals surface area (Å²) in [5.74, 6) is -0.808. The van der Waals surface area contributed by atoms with Crippen LogP contribution in [0.25, 0.3) is 0 Å². The zero-order valence-electron chi connectivity index (χ0n) is 61.6. The van der Waals surface area contributed by atoms with Gasteiger partial charge in [-0.25, -0.2) is 0 Å². The Morgan fingerprint density at radius 1 is 0.341 bits per heavy atom. The number of quaternary nitrogens is 1. The van der Waals surface area contributed by atoms with E-state index in [2.05, 4.69) is 50.3 Å². The molecule has 0 aromatic carbocycles. The van der Waals surface area contributed by atoms with Gasteiger partial charge in [-0.15, -0.1) is 0 Å². The van der Waals surface area contributed by atoms with Crippen LogP contribution in [0.4, 0.5) is 0 Å². The third-order valence-electron chi connectivity index (χ3n) is 18.4. The van der Waals surface area contributed by atoms with E-state index < -0.39 is 26.5 Å². The number of rotatable bonds is 76. The molecule has 0 radical (unpaired) electrons. The topological polar surface area (TPSA) is 111 Å². The molecule has 0 aliphatic rings. The number of hydrogen-bond acceptors (Lipinski definition) is 8. The first-order chi connectivity index (χ1) is 44.5. The number of esters is 2. The molecule has 2 unspecified atom stereocenters. The maximum absolute atomic E-state index is 12.9. The molecule has 0 aliphatic heterocycles. The van der Waals surface area contributed by atoms with Gasteiger partial charge in [0.25, 0.3) is 7.82 Å². The Balaban J connectivity index is 3.91. The first kappa shape index (κ1) is 89.2. The van der Waals surface area contributed by atoms with E-state index in [-0.39, 0.29) is 32.0 Å². The van der Waals surface area contributed by atoms with E-state index in [4.69, 9.17) is 18.5 Å². The van der Waals surface area contributed by atoms with Crippen molar-refractivity contribution in [3.63, 3.8) is 0 Å². The van der Waals surface area contributed by atoms with Crippen molar-refractivity contribution in [1.82, 2.24) is 0 Å². The number of carbonyl (C=O) groups excluding carboxylic acids is 2. The third kappa shape index (κ3) is 77.1. The molecule has 0 heterocycles. The van der Waals surface area contributed by atoms with Crippen molar-refractivity contribution in [2.45, 2.75) is 424 Å². The first-order valence-electron chi connectivity index (χ1n) is 40.2. The highest BCUT2D eigenvalue weighted by atomic mass is 31.2. The van der Waals surface area contributed by atoms with Crippen LogP contribution in [0.15, 0.2) is 36.5 Å². The third-order valence-corrected chi connectivity index (χ3v) is 19.4. The summed E-state index contributed by atoms with van der Waals surface area (Å²) in [6.45, 7) is 4.31. The Hall–Kier alpha value is -1.77. The standard InChI is InChI=1S/C81H156NO8P/c1-6-8-10-12-14-16-18-20-22-24-26-28-30-32-34-36-38-40-42-43-45-47-49-51-53-55-57-59-61-63-65-67-69-71-73-80(83)87-77-79(78-89-91(85,86)88-76-75-82(3,4)5)90-81(84)74-72-70-68-66-64-62-60-58-56-54-52-50-48-46-44-41-39-37-35-33-31-29-27-25-23-21-19-17-15-13-11-9-7-2/h19,21,25,27,31,33,79H,6-18,20,22-24,26,28-30,32,34-78H2,1-5H3/b21-19-,27-25-,33-31-. The van der Waals surface area contributed by atoms with Crippen molar-refractivity contribution < 1.29 is 42.1 Å². The van der Waals surface area contributed by atoms with Gasteiger partial charge in [0.2, 0.25) is 0 Å². The minimum absolute atomic E-state index is 0.0275. The highest BCUT2D eigenvalue weighted by Crippen LogP contribution is 2.38. The summed E-state index contributed by atoms with van der Waals surface area (Å²) in [5.41, 5.74) is 0. The van der Waals surface area contributed by atoms with E-state index in [1.807, 2.05) is 21.1 Å². The molecule has 91 heavy (non-hydrogen) atoms. The van der Waals surface area contributed by atoms with Gasteiger partial charge in [-0.2, -0.15) is 0 Å². The van der Waals surface area contributed by atoms with E-state index >= 15 is 0 Å². The molecule has 0 amide bonds. The summed E-state index contributed by atoms with van der Waals surface area (Å²) in [4.78, 5) is 38.2. The summed E-state index contributed by atoms with van der Waals surface area (Å²) in [6, 6.07) is 0. The van der Waals surface area contributed by atoms with E-state index in [0.717, 1.165) is 44.9 Å². The zero-order chi connectivity index (χ0) is 66.2. The summed E-state index contributed by atoms with van der Waals surface area (Å²) in [6.07, 6.45) is 94.2. The van der Waals surface area contributed by atoms with Gasteiger partial charge in [-0.3, -0.25) is 14.2 Å². The minimum Gasteiger partial charge on any atom is -0.756 e. The Kier molecular flexibility index (Phi) is 71.1. The molecule has 2 atom stereocenters. The Labute approximate surface area is 567 Å². The summed E-state index contributed by atoms with van der Waals surface area (Å²) >= 11 is 0. The van der Waals surface area contributed by atoms with Crippen molar-refractivity contribution in [3.05, 3.63) is 36.5 Å². The largest absolute Gasteiger partial charge is 0.756 e. The number of phosphoric ester groups is 1. The normalized spacial score (nSPS) is 13.2. The number of ether oxygens (including phenoxy) is 2. The van der Waals surface area contributed by atoms with Gasteiger partial charge in [0.05, 0.1) is 27.7 Å². The van der Waals surface area contributed by atoms with Gasteiger partial charge in [0, 0.05) is 12.8 Å². The maximum atomic E-state index is 12.9. The van der Waals surface area contributed by atoms with Crippen LogP contribution >= 0.6 is 7.82 Å². The number of nitrogens with zero attached hydrogens (tertiary/aromatic N) is 1. The molecular weight excluding hydrogens is 1150 g/mol. The lowest BCUT2D eigenvalue weighted by Gasteiger charge is -2.28. The van der Waals surface area contributed by atoms with Crippen LogP contribution in [0.2, 0.25) is 0 Å². The molecule has 0 spiro atoms. The van der Waals surface area contributed by atoms with Crippen molar-refractivity contribution in [2.75, 3.05) is 47.5 Å². The molecule has 0 fully saturated rings. The van der Waals surface area contributed by atoms with Crippen LogP contribution in [-0.4, -0.2) is 70.0 Å². The molecule has 538 valence electrons. The Morgan fingerprint density at radius 2 is 0.593 bits per heavy atom. The van der Waals surface area contributed by atoms with Gasteiger partial charge in [-0.1, -0.05) is 391 Å². The van der Waals surface area contributed by atoms with Crippen LogP contribution < -0.4 is 4.89 Å². The van der Waals surface area contributed by atoms with Crippen molar-refractivity contribution >= 4 is 19.8 Å². The highest BCUT2D eigenvalue weighted by Gasteiger charge is 2.22. The monoisotopic (exact) mass is 1300 g/mol. The quantitative estimate of drug-likeness (QED) is 0.0195.